The minimum absolute atomic E-state index is 0.00289. The fourth-order valence-electron chi connectivity index (χ4n) is 6.78. The fraction of sp³-hybridized carbons (Fsp3) is 0.562. The third kappa shape index (κ3) is 5.69. The van der Waals surface area contributed by atoms with Gasteiger partial charge in [-0.3, -0.25) is 0 Å². The smallest absolute Gasteiger partial charge is 0.374 e. The van der Waals surface area contributed by atoms with Gasteiger partial charge in [-0.25, -0.2) is 14.8 Å². The average molecular weight is 559 g/mol. The Hall–Kier alpha value is -3.46. The Labute approximate surface area is 242 Å². The van der Waals surface area contributed by atoms with Crippen molar-refractivity contribution in [3.8, 4) is 0 Å². The summed E-state index contributed by atoms with van der Waals surface area (Å²) in [6.45, 7) is 11.2. The van der Waals surface area contributed by atoms with Crippen molar-refractivity contribution in [1.82, 2.24) is 19.5 Å². The molecule has 0 radical (unpaired) electrons. The Bertz CT molecular complexity index is 1390. The van der Waals surface area contributed by atoms with Crippen LogP contribution in [0.5, 0.6) is 0 Å². The van der Waals surface area contributed by atoms with Crippen LogP contribution in [0.3, 0.4) is 0 Å². The Morgan fingerprint density at radius 3 is 2.54 bits per heavy atom. The molecular formula is C32H42N6O3. The second kappa shape index (κ2) is 11.8. The summed E-state index contributed by atoms with van der Waals surface area (Å²) >= 11 is 0. The van der Waals surface area contributed by atoms with E-state index in [2.05, 4.69) is 69.4 Å². The van der Waals surface area contributed by atoms with Crippen LogP contribution in [0.4, 0.5) is 11.8 Å². The first-order valence-electron chi connectivity index (χ1n) is 15.2. The van der Waals surface area contributed by atoms with Crippen LogP contribution in [-0.4, -0.2) is 56.4 Å². The van der Waals surface area contributed by atoms with Gasteiger partial charge in [0, 0.05) is 19.1 Å². The zero-order chi connectivity index (χ0) is 28.5. The highest BCUT2D eigenvalue weighted by Gasteiger charge is 2.33. The Morgan fingerprint density at radius 1 is 1.12 bits per heavy atom. The molecule has 3 heterocycles. The molecular weight excluding hydrogens is 516 g/mol. The van der Waals surface area contributed by atoms with Gasteiger partial charge in [0.2, 0.25) is 11.8 Å². The minimum Gasteiger partial charge on any atom is -0.475 e. The van der Waals surface area contributed by atoms with Crippen molar-refractivity contribution in [3.05, 3.63) is 53.9 Å². The molecule has 1 aromatic carbocycles. The van der Waals surface area contributed by atoms with Crippen molar-refractivity contribution in [2.24, 2.45) is 17.8 Å². The number of fused-ring (bicyclic) bond motifs is 1. The zero-order valence-electron chi connectivity index (χ0n) is 24.3. The largest absolute Gasteiger partial charge is 0.475 e. The number of morpholine rings is 1. The quantitative estimate of drug-likeness (QED) is 0.304. The number of allylic oxidation sites excluding steroid dienone is 1. The van der Waals surface area contributed by atoms with Crippen LogP contribution in [0, 0.1) is 17.8 Å². The van der Waals surface area contributed by atoms with Crippen molar-refractivity contribution < 1.29 is 14.6 Å². The summed E-state index contributed by atoms with van der Waals surface area (Å²) in [4.78, 5) is 28.5. The molecule has 1 saturated heterocycles. The number of carbonyl (C=O) groups is 1. The van der Waals surface area contributed by atoms with Gasteiger partial charge >= 0.3 is 5.97 Å². The lowest BCUT2D eigenvalue weighted by Gasteiger charge is -2.37. The summed E-state index contributed by atoms with van der Waals surface area (Å²) in [6, 6.07) is 10.6. The summed E-state index contributed by atoms with van der Waals surface area (Å²) in [5.41, 5.74) is 3.69. The lowest BCUT2D eigenvalue weighted by Crippen LogP contribution is -2.41. The summed E-state index contributed by atoms with van der Waals surface area (Å²) in [6.07, 6.45) is 8.14. The lowest BCUT2D eigenvalue weighted by molar-refractivity contribution is 0.0684. The van der Waals surface area contributed by atoms with Crippen LogP contribution in [0.1, 0.15) is 81.0 Å². The maximum absolute atomic E-state index is 12.1. The highest BCUT2D eigenvalue weighted by molar-refractivity contribution is 5.91. The highest BCUT2D eigenvalue weighted by atomic mass is 16.5. The SMILES string of the molecule is C=C(C)C1CCC(Cn2c(N3CCOCC3c3ccccc3)nc3nc(C(=O)O)nc(NC(C)C4CCC4)c32)CC1. The molecule has 0 spiro atoms. The van der Waals surface area contributed by atoms with Crippen molar-refractivity contribution in [1.29, 1.82) is 0 Å². The molecule has 2 N–H and O–H groups in total. The Balaban J connectivity index is 1.45. The van der Waals surface area contributed by atoms with Crippen LogP contribution in [0.15, 0.2) is 42.5 Å². The maximum atomic E-state index is 12.1. The molecule has 2 aliphatic carbocycles. The van der Waals surface area contributed by atoms with Gasteiger partial charge in [-0.2, -0.15) is 4.98 Å². The molecule has 2 unspecified atom stereocenters. The topological polar surface area (TPSA) is 105 Å². The zero-order valence-corrected chi connectivity index (χ0v) is 24.3. The monoisotopic (exact) mass is 558 g/mol. The van der Waals surface area contributed by atoms with E-state index in [1.165, 1.54) is 30.4 Å². The number of carboxylic acids is 1. The van der Waals surface area contributed by atoms with Crippen molar-refractivity contribution in [2.75, 3.05) is 30.0 Å². The number of nitrogens with one attached hydrogen (secondary N) is 1. The molecule has 9 nitrogen and oxygen atoms in total. The molecule has 3 aromatic rings. The number of benzene rings is 1. The fourth-order valence-corrected chi connectivity index (χ4v) is 6.78. The number of anilines is 2. The predicted octanol–water partition coefficient (Wildman–Crippen LogP) is 6.09. The van der Waals surface area contributed by atoms with Crippen LogP contribution in [-0.2, 0) is 11.3 Å². The Morgan fingerprint density at radius 2 is 1.88 bits per heavy atom. The van der Waals surface area contributed by atoms with Crippen LogP contribution >= 0.6 is 0 Å². The summed E-state index contributed by atoms with van der Waals surface area (Å²) < 4.78 is 8.23. The van der Waals surface area contributed by atoms with E-state index in [0.29, 0.717) is 49.0 Å². The third-order valence-electron chi connectivity index (χ3n) is 9.55. The summed E-state index contributed by atoms with van der Waals surface area (Å²) in [5, 5.41) is 13.5. The Kier molecular flexibility index (Phi) is 7.97. The molecule has 3 aliphatic rings. The number of rotatable bonds is 9. The molecule has 218 valence electrons. The molecule has 41 heavy (non-hydrogen) atoms. The number of hydrogen-bond acceptors (Lipinski definition) is 7. The highest BCUT2D eigenvalue weighted by Crippen LogP contribution is 2.39. The maximum Gasteiger partial charge on any atom is 0.374 e. The second-order valence-electron chi connectivity index (χ2n) is 12.3. The predicted molar refractivity (Wildman–Crippen MR) is 160 cm³/mol. The van der Waals surface area contributed by atoms with Gasteiger partial charge in [0.05, 0.1) is 19.3 Å². The van der Waals surface area contributed by atoms with E-state index in [1.54, 1.807) is 0 Å². The number of ether oxygens (including phenoxy) is 1. The van der Waals surface area contributed by atoms with Gasteiger partial charge in [0.15, 0.2) is 11.5 Å². The van der Waals surface area contributed by atoms with E-state index in [-0.39, 0.29) is 17.9 Å². The molecule has 6 rings (SSSR count). The first-order valence-corrected chi connectivity index (χ1v) is 15.2. The van der Waals surface area contributed by atoms with Crippen LogP contribution in [0.2, 0.25) is 0 Å². The van der Waals surface area contributed by atoms with Gasteiger partial charge in [-0.1, -0.05) is 48.9 Å². The molecule has 2 atom stereocenters. The molecule has 0 amide bonds. The van der Waals surface area contributed by atoms with E-state index in [9.17, 15) is 9.90 Å². The molecule has 0 bridgehead atoms. The van der Waals surface area contributed by atoms with E-state index >= 15 is 0 Å². The molecule has 2 saturated carbocycles. The second-order valence-corrected chi connectivity index (χ2v) is 12.3. The third-order valence-corrected chi connectivity index (χ3v) is 9.55. The number of imidazole rings is 1. The summed E-state index contributed by atoms with van der Waals surface area (Å²) in [5.74, 6) is 1.65. The first-order chi connectivity index (χ1) is 19.9. The van der Waals surface area contributed by atoms with E-state index in [0.717, 1.165) is 43.7 Å². The first kappa shape index (κ1) is 27.7. The summed E-state index contributed by atoms with van der Waals surface area (Å²) in [7, 11) is 0. The number of carboxylic acid groups (broad SMARTS) is 1. The van der Waals surface area contributed by atoms with Gasteiger partial charge in [-0.05, 0) is 75.7 Å². The molecule has 3 fully saturated rings. The average Bonchev–Trinajstić information content (AvgIpc) is 3.31. The van der Waals surface area contributed by atoms with Gasteiger partial charge in [-0.15, -0.1) is 0 Å². The number of aromatic nitrogens is 4. The molecule has 2 aromatic heterocycles. The lowest BCUT2D eigenvalue weighted by atomic mass is 9.79. The number of hydrogen-bond donors (Lipinski definition) is 2. The van der Waals surface area contributed by atoms with Gasteiger partial charge in [0.25, 0.3) is 0 Å². The van der Waals surface area contributed by atoms with E-state index in [1.807, 2.05) is 6.07 Å². The number of aromatic carboxylic acids is 1. The van der Waals surface area contributed by atoms with Gasteiger partial charge < -0.3 is 24.6 Å². The standard InChI is InChI=1S/C32H42N6O3/c1-20(2)23-14-12-22(13-15-23)18-38-27-28(33-21(3)24-10-7-11-24)34-30(31(39)40)35-29(27)36-32(38)37-16-17-41-19-26(37)25-8-5-4-6-9-25/h4-6,8-9,21-24,26H,1,7,10-19H2,2-3H3,(H,39,40)(H,33,34,35). The minimum atomic E-state index is -1.14. The van der Waals surface area contributed by atoms with Crippen LogP contribution < -0.4 is 10.2 Å². The molecule has 9 heteroatoms. The van der Waals surface area contributed by atoms with Crippen molar-refractivity contribution >= 4 is 28.9 Å². The normalized spacial score (nSPS) is 24.1. The van der Waals surface area contributed by atoms with E-state index in [4.69, 9.17) is 9.72 Å². The number of nitrogens with zero attached hydrogens (tertiary/aromatic N) is 5. The van der Waals surface area contributed by atoms with Crippen LogP contribution in [0.25, 0.3) is 11.2 Å². The van der Waals surface area contributed by atoms with Crippen molar-refractivity contribution in [2.45, 2.75) is 77.4 Å². The molecule has 1 aliphatic heterocycles. The van der Waals surface area contributed by atoms with E-state index < -0.39 is 5.97 Å². The van der Waals surface area contributed by atoms with Gasteiger partial charge in [0.1, 0.15) is 5.52 Å². The van der Waals surface area contributed by atoms with Crippen molar-refractivity contribution in [3.63, 3.8) is 0 Å².